The van der Waals surface area contributed by atoms with Gasteiger partial charge in [-0.2, -0.15) is 0 Å². The van der Waals surface area contributed by atoms with Crippen LogP contribution in [0.2, 0.25) is 0 Å². The van der Waals surface area contributed by atoms with Crippen LogP contribution in [-0.4, -0.2) is 16.5 Å². The van der Waals surface area contributed by atoms with Crippen molar-refractivity contribution >= 4 is 16.6 Å². The van der Waals surface area contributed by atoms with Crippen molar-refractivity contribution in [3.8, 4) is 0 Å². The van der Waals surface area contributed by atoms with Gasteiger partial charge in [-0.25, -0.2) is 4.57 Å². The zero-order chi connectivity index (χ0) is 5.91. The zero-order valence-electron chi connectivity index (χ0n) is 3.66. The van der Waals surface area contributed by atoms with Gasteiger partial charge in [0, 0.05) is 8.81 Å². The molecule has 0 spiro atoms. The Kier molecular flexibility index (Phi) is 2.96. The van der Waals surface area contributed by atoms with E-state index in [-0.39, 0.29) is 8.81 Å². The number of rotatable bonds is 2. The Bertz CT molecular complexity index is 83.7. The third-order valence-electron chi connectivity index (χ3n) is 0.210. The van der Waals surface area contributed by atoms with Crippen LogP contribution < -0.4 is 0 Å². The molecule has 0 aromatic rings. The second-order valence-corrected chi connectivity index (χ2v) is 2.91. The monoisotopic (exact) mass is 144 g/mol. The quantitative estimate of drug-likeness (QED) is 0.547. The van der Waals surface area contributed by atoms with Crippen LogP contribution in [0.15, 0.2) is 0 Å². The SMILES string of the molecule is CPOP(=O)(O)O. The van der Waals surface area contributed by atoms with Crippen molar-refractivity contribution in [1.82, 2.24) is 0 Å². The minimum atomic E-state index is -4.15. The fourth-order valence-corrected chi connectivity index (χ4v) is 1.07. The molecule has 0 bridgehead atoms. The first-order valence-electron chi connectivity index (χ1n) is 1.47. The molecule has 0 saturated carbocycles. The van der Waals surface area contributed by atoms with Crippen molar-refractivity contribution in [3.05, 3.63) is 0 Å². The maximum Gasteiger partial charge on any atom is 0.472 e. The average Bonchev–Trinajstić information content (AvgIpc) is 1.30. The molecule has 0 aliphatic rings. The molecule has 0 radical (unpaired) electrons. The van der Waals surface area contributed by atoms with Gasteiger partial charge in [-0.15, -0.1) is 0 Å². The molecular formula is CH6O4P2. The molecule has 0 fully saturated rings. The molecule has 7 heavy (non-hydrogen) atoms. The van der Waals surface area contributed by atoms with E-state index >= 15 is 0 Å². The summed E-state index contributed by atoms with van der Waals surface area (Å²) in [5.74, 6) is 0. The Morgan fingerprint density at radius 1 is 1.71 bits per heavy atom. The third-order valence-corrected chi connectivity index (χ3v) is 1.89. The number of phosphoric acid groups is 1. The first-order valence-corrected chi connectivity index (χ1v) is 4.41. The summed E-state index contributed by atoms with van der Waals surface area (Å²) in [4.78, 5) is 15.8. The van der Waals surface area contributed by atoms with Gasteiger partial charge in [0.2, 0.25) is 0 Å². The molecular weight excluding hydrogens is 138 g/mol. The summed E-state index contributed by atoms with van der Waals surface area (Å²) in [7, 11) is -4.31. The maximum absolute atomic E-state index is 9.71. The summed E-state index contributed by atoms with van der Waals surface area (Å²) in [6.07, 6.45) is 0. The van der Waals surface area contributed by atoms with Crippen LogP contribution in [0.3, 0.4) is 0 Å². The van der Waals surface area contributed by atoms with Crippen molar-refractivity contribution in [2.45, 2.75) is 0 Å². The second-order valence-electron chi connectivity index (χ2n) is 0.786. The van der Waals surface area contributed by atoms with Crippen molar-refractivity contribution in [2.75, 3.05) is 6.66 Å². The van der Waals surface area contributed by atoms with E-state index in [1.807, 2.05) is 0 Å². The van der Waals surface area contributed by atoms with Gasteiger partial charge >= 0.3 is 7.82 Å². The molecule has 6 heteroatoms. The summed E-state index contributed by atoms with van der Waals surface area (Å²) in [6, 6.07) is 0. The normalized spacial score (nSPS) is 13.6. The summed E-state index contributed by atoms with van der Waals surface area (Å²) in [5, 5.41) is 0. The Hall–Kier alpha value is 0.540. The summed E-state index contributed by atoms with van der Waals surface area (Å²) in [5.41, 5.74) is 0. The molecule has 0 aromatic heterocycles. The third kappa shape index (κ3) is 6.54. The van der Waals surface area contributed by atoms with E-state index in [0.717, 1.165) is 0 Å². The zero-order valence-corrected chi connectivity index (χ0v) is 5.55. The summed E-state index contributed by atoms with van der Waals surface area (Å²) < 4.78 is 13.6. The van der Waals surface area contributed by atoms with Gasteiger partial charge in [-0.05, 0) is 6.66 Å². The van der Waals surface area contributed by atoms with Crippen LogP contribution in [0.1, 0.15) is 0 Å². The Morgan fingerprint density at radius 3 is 2.14 bits per heavy atom. The van der Waals surface area contributed by atoms with Gasteiger partial charge in [0.1, 0.15) is 0 Å². The van der Waals surface area contributed by atoms with Crippen molar-refractivity contribution in [2.24, 2.45) is 0 Å². The van der Waals surface area contributed by atoms with Crippen LogP contribution >= 0.6 is 16.6 Å². The summed E-state index contributed by atoms with van der Waals surface area (Å²) in [6.45, 7) is 1.54. The molecule has 0 amide bonds. The molecule has 4 nitrogen and oxygen atoms in total. The average molecular weight is 144 g/mol. The lowest BCUT2D eigenvalue weighted by Gasteiger charge is -1.97. The van der Waals surface area contributed by atoms with Gasteiger partial charge in [-0.3, -0.25) is 4.31 Å². The van der Waals surface area contributed by atoms with E-state index in [1.54, 1.807) is 6.66 Å². The van der Waals surface area contributed by atoms with E-state index in [9.17, 15) is 4.57 Å². The lowest BCUT2D eigenvalue weighted by atomic mass is 12.0. The highest BCUT2D eigenvalue weighted by molar-refractivity contribution is 7.54. The van der Waals surface area contributed by atoms with Crippen LogP contribution in [0.25, 0.3) is 0 Å². The van der Waals surface area contributed by atoms with Crippen molar-refractivity contribution in [3.63, 3.8) is 0 Å². The van der Waals surface area contributed by atoms with E-state index in [4.69, 9.17) is 9.79 Å². The van der Waals surface area contributed by atoms with Gasteiger partial charge in [-0.1, -0.05) is 0 Å². The first-order chi connectivity index (χ1) is 3.06. The fourth-order valence-electron chi connectivity index (χ4n) is 0.119. The summed E-state index contributed by atoms with van der Waals surface area (Å²) >= 11 is 0. The Morgan fingerprint density at radius 2 is 2.14 bits per heavy atom. The minimum absolute atomic E-state index is 0.154. The molecule has 1 atom stereocenters. The highest BCUT2D eigenvalue weighted by Crippen LogP contribution is 2.42. The Balaban J connectivity index is 3.36. The molecule has 44 valence electrons. The predicted molar refractivity (Wildman–Crippen MR) is 27.4 cm³/mol. The molecule has 0 saturated heterocycles. The standard InChI is InChI=1S/CH6O4P2/c1-6-5-7(2,3)4/h6H,1H3,(H2,2,3,4). The predicted octanol–water partition coefficient (Wildman–Crippen LogP) is 0.319. The van der Waals surface area contributed by atoms with Gasteiger partial charge < -0.3 is 9.79 Å². The molecule has 0 rings (SSSR count). The van der Waals surface area contributed by atoms with Crippen LogP contribution in [0.5, 0.6) is 0 Å². The first kappa shape index (κ1) is 7.54. The fraction of sp³-hybridized carbons (Fsp3) is 1.00. The molecule has 0 aromatic carbocycles. The lowest BCUT2D eigenvalue weighted by molar-refractivity contribution is 0.296. The second kappa shape index (κ2) is 2.75. The van der Waals surface area contributed by atoms with Gasteiger partial charge in [0.05, 0.1) is 0 Å². The molecule has 0 aliphatic heterocycles. The number of hydrogen-bond donors (Lipinski definition) is 2. The van der Waals surface area contributed by atoms with Crippen LogP contribution in [0, 0.1) is 0 Å². The van der Waals surface area contributed by atoms with E-state index < -0.39 is 7.82 Å². The lowest BCUT2D eigenvalue weighted by Crippen LogP contribution is -1.72. The van der Waals surface area contributed by atoms with Crippen molar-refractivity contribution in [1.29, 1.82) is 0 Å². The van der Waals surface area contributed by atoms with E-state index in [1.165, 1.54) is 0 Å². The van der Waals surface area contributed by atoms with Crippen molar-refractivity contribution < 1.29 is 18.7 Å². The van der Waals surface area contributed by atoms with Gasteiger partial charge in [0.25, 0.3) is 0 Å². The largest absolute Gasteiger partial charge is 0.472 e. The van der Waals surface area contributed by atoms with Crippen LogP contribution in [-0.2, 0) is 8.88 Å². The highest BCUT2D eigenvalue weighted by Gasteiger charge is 2.10. The molecule has 0 heterocycles. The smallest absolute Gasteiger partial charge is 0.302 e. The molecule has 0 aliphatic carbocycles. The molecule has 1 unspecified atom stereocenters. The van der Waals surface area contributed by atoms with Crippen LogP contribution in [0.4, 0.5) is 0 Å². The minimum Gasteiger partial charge on any atom is -0.302 e. The highest BCUT2D eigenvalue weighted by atomic mass is 31.2. The van der Waals surface area contributed by atoms with E-state index in [0.29, 0.717) is 0 Å². The Labute approximate surface area is 43.0 Å². The van der Waals surface area contributed by atoms with Gasteiger partial charge in [0.15, 0.2) is 0 Å². The maximum atomic E-state index is 9.71. The topological polar surface area (TPSA) is 66.8 Å². The number of hydrogen-bond acceptors (Lipinski definition) is 2. The molecule has 2 N–H and O–H groups in total. The van der Waals surface area contributed by atoms with E-state index in [2.05, 4.69) is 4.31 Å².